The molecule has 0 saturated heterocycles. The van der Waals surface area contributed by atoms with Crippen LogP contribution in [-0.2, 0) is 6.54 Å². The number of benzene rings is 1. The fourth-order valence-corrected chi connectivity index (χ4v) is 2.66. The third kappa shape index (κ3) is 3.52. The second kappa shape index (κ2) is 6.12. The number of anilines is 1. The second-order valence-corrected chi connectivity index (χ2v) is 5.58. The van der Waals surface area contributed by atoms with Crippen molar-refractivity contribution >= 4 is 16.5 Å². The zero-order valence-corrected chi connectivity index (χ0v) is 12.2. The van der Waals surface area contributed by atoms with Crippen molar-refractivity contribution in [3.05, 3.63) is 46.7 Å². The summed E-state index contributed by atoms with van der Waals surface area (Å²) >= 11 is 1.67. The van der Waals surface area contributed by atoms with E-state index in [0.29, 0.717) is 6.04 Å². The van der Waals surface area contributed by atoms with Crippen molar-refractivity contribution in [1.82, 2.24) is 10.3 Å². The molecule has 2 aromatic rings. The van der Waals surface area contributed by atoms with Crippen LogP contribution in [0.5, 0.6) is 0 Å². The molecule has 3 nitrogen and oxygen atoms in total. The lowest BCUT2D eigenvalue weighted by Crippen LogP contribution is -2.15. The molecule has 1 aromatic heterocycles. The van der Waals surface area contributed by atoms with E-state index >= 15 is 0 Å². The molecule has 0 amide bonds. The van der Waals surface area contributed by atoms with E-state index in [1.807, 2.05) is 20.3 Å². The Morgan fingerprint density at radius 3 is 2.68 bits per heavy atom. The first-order valence-electron chi connectivity index (χ1n) is 6.18. The maximum atomic E-state index is 12.8. The number of rotatable bonds is 5. The van der Waals surface area contributed by atoms with Crippen LogP contribution in [-0.4, -0.2) is 19.1 Å². The minimum absolute atomic E-state index is 0.203. The van der Waals surface area contributed by atoms with Gasteiger partial charge in [-0.05, 0) is 31.7 Å². The molecule has 0 saturated carbocycles. The summed E-state index contributed by atoms with van der Waals surface area (Å²) in [4.78, 5) is 7.71. The van der Waals surface area contributed by atoms with Crippen LogP contribution in [0.25, 0.3) is 0 Å². The zero-order valence-electron chi connectivity index (χ0n) is 11.4. The van der Waals surface area contributed by atoms with Crippen LogP contribution in [0.3, 0.4) is 0 Å². The largest absolute Gasteiger partial charge is 0.347 e. The van der Waals surface area contributed by atoms with E-state index in [9.17, 15) is 4.39 Å². The van der Waals surface area contributed by atoms with Crippen molar-refractivity contribution in [2.45, 2.75) is 19.5 Å². The predicted octanol–water partition coefficient (Wildman–Crippen LogP) is 3.20. The van der Waals surface area contributed by atoms with Crippen molar-refractivity contribution in [3.8, 4) is 0 Å². The summed E-state index contributed by atoms with van der Waals surface area (Å²) < 4.78 is 12.8. The Bertz CT molecular complexity index is 524. The van der Waals surface area contributed by atoms with Crippen molar-refractivity contribution in [2.75, 3.05) is 19.0 Å². The average molecular weight is 279 g/mol. The molecule has 0 fully saturated rings. The third-order valence-corrected chi connectivity index (χ3v) is 4.33. The summed E-state index contributed by atoms with van der Waals surface area (Å²) in [5.74, 6) is -0.203. The standard InChI is InChI=1S/C14H18FN3S/c1-10(16-2)13-8-17-14(19-13)18(3)9-11-4-6-12(15)7-5-11/h4-8,10,16H,9H2,1-3H3. The van der Waals surface area contributed by atoms with Crippen molar-refractivity contribution in [3.63, 3.8) is 0 Å². The van der Waals surface area contributed by atoms with E-state index in [2.05, 4.69) is 22.1 Å². The monoisotopic (exact) mass is 279 g/mol. The summed E-state index contributed by atoms with van der Waals surface area (Å²) in [5.41, 5.74) is 1.07. The molecule has 102 valence electrons. The quantitative estimate of drug-likeness (QED) is 0.911. The highest BCUT2D eigenvalue weighted by Crippen LogP contribution is 2.27. The van der Waals surface area contributed by atoms with Gasteiger partial charge in [-0.3, -0.25) is 0 Å². The van der Waals surface area contributed by atoms with Crippen molar-refractivity contribution in [1.29, 1.82) is 0 Å². The first-order valence-corrected chi connectivity index (χ1v) is 7.00. The highest BCUT2D eigenvalue weighted by molar-refractivity contribution is 7.15. The number of hydrogen-bond acceptors (Lipinski definition) is 4. The molecule has 1 heterocycles. The Balaban J connectivity index is 2.05. The molecule has 19 heavy (non-hydrogen) atoms. The molecule has 1 unspecified atom stereocenters. The number of nitrogens with one attached hydrogen (secondary N) is 1. The number of aromatic nitrogens is 1. The van der Waals surface area contributed by atoms with Crippen LogP contribution < -0.4 is 10.2 Å². The number of halogens is 1. The van der Waals surface area contributed by atoms with Crippen LogP contribution >= 0.6 is 11.3 Å². The number of hydrogen-bond donors (Lipinski definition) is 1. The second-order valence-electron chi connectivity index (χ2n) is 4.54. The van der Waals surface area contributed by atoms with E-state index in [0.717, 1.165) is 17.2 Å². The first-order chi connectivity index (χ1) is 9.10. The zero-order chi connectivity index (χ0) is 13.8. The highest BCUT2D eigenvalue weighted by Gasteiger charge is 2.11. The molecular formula is C14H18FN3S. The highest BCUT2D eigenvalue weighted by atomic mass is 32.1. The van der Waals surface area contributed by atoms with E-state index in [-0.39, 0.29) is 5.82 Å². The van der Waals surface area contributed by atoms with Gasteiger partial charge in [0.25, 0.3) is 0 Å². The lowest BCUT2D eigenvalue weighted by Gasteiger charge is -2.15. The molecule has 5 heteroatoms. The van der Waals surface area contributed by atoms with Gasteiger partial charge in [-0.15, -0.1) is 11.3 Å². The Morgan fingerprint density at radius 2 is 2.05 bits per heavy atom. The van der Waals surface area contributed by atoms with E-state index in [4.69, 9.17) is 0 Å². The van der Waals surface area contributed by atoms with Gasteiger partial charge in [0.1, 0.15) is 5.82 Å². The molecule has 0 bridgehead atoms. The maximum absolute atomic E-state index is 12.8. The SMILES string of the molecule is CNC(C)c1cnc(N(C)Cc2ccc(F)cc2)s1. The lowest BCUT2D eigenvalue weighted by atomic mass is 10.2. The lowest BCUT2D eigenvalue weighted by molar-refractivity contribution is 0.627. The number of nitrogens with zero attached hydrogens (tertiary/aromatic N) is 2. The van der Waals surface area contributed by atoms with Gasteiger partial charge in [0, 0.05) is 30.7 Å². The molecule has 0 aliphatic rings. The van der Waals surface area contributed by atoms with Crippen LogP contribution in [0.4, 0.5) is 9.52 Å². The molecule has 0 aliphatic carbocycles. The molecule has 0 spiro atoms. The summed E-state index contributed by atoms with van der Waals surface area (Å²) in [6.07, 6.45) is 1.91. The summed E-state index contributed by atoms with van der Waals surface area (Å²) in [6, 6.07) is 6.89. The Labute approximate surface area is 117 Å². The van der Waals surface area contributed by atoms with E-state index < -0.39 is 0 Å². The first kappa shape index (κ1) is 14.0. The van der Waals surface area contributed by atoms with Crippen LogP contribution in [0, 0.1) is 5.82 Å². The van der Waals surface area contributed by atoms with Crippen LogP contribution in [0.1, 0.15) is 23.4 Å². The van der Waals surface area contributed by atoms with Gasteiger partial charge in [-0.2, -0.15) is 0 Å². The van der Waals surface area contributed by atoms with Gasteiger partial charge < -0.3 is 10.2 Å². The molecule has 1 aromatic carbocycles. The average Bonchev–Trinajstić information content (AvgIpc) is 2.90. The van der Waals surface area contributed by atoms with Gasteiger partial charge in [-0.1, -0.05) is 12.1 Å². The topological polar surface area (TPSA) is 28.2 Å². The molecule has 1 atom stereocenters. The Morgan fingerprint density at radius 1 is 1.37 bits per heavy atom. The van der Waals surface area contributed by atoms with Crippen molar-refractivity contribution < 1.29 is 4.39 Å². The minimum Gasteiger partial charge on any atom is -0.347 e. The van der Waals surface area contributed by atoms with Gasteiger partial charge in [0.15, 0.2) is 5.13 Å². The fourth-order valence-electron chi connectivity index (χ4n) is 1.73. The Hall–Kier alpha value is -1.46. The van der Waals surface area contributed by atoms with Crippen LogP contribution in [0.2, 0.25) is 0 Å². The minimum atomic E-state index is -0.203. The Kier molecular flexibility index (Phi) is 4.50. The van der Waals surface area contributed by atoms with Crippen molar-refractivity contribution in [2.24, 2.45) is 0 Å². The third-order valence-electron chi connectivity index (χ3n) is 3.03. The molecular weight excluding hydrogens is 261 g/mol. The fraction of sp³-hybridized carbons (Fsp3) is 0.357. The summed E-state index contributed by atoms with van der Waals surface area (Å²) in [6.45, 7) is 2.83. The van der Waals surface area contributed by atoms with E-state index in [1.54, 1.807) is 23.5 Å². The normalized spacial score (nSPS) is 12.4. The van der Waals surface area contributed by atoms with Gasteiger partial charge >= 0.3 is 0 Å². The summed E-state index contributed by atoms with van der Waals surface area (Å²) in [7, 11) is 3.93. The molecule has 0 aliphatic heterocycles. The summed E-state index contributed by atoms with van der Waals surface area (Å²) in [5, 5.41) is 4.17. The smallest absolute Gasteiger partial charge is 0.185 e. The molecule has 1 N–H and O–H groups in total. The van der Waals surface area contributed by atoms with Gasteiger partial charge in [-0.25, -0.2) is 9.37 Å². The molecule has 2 rings (SSSR count). The molecule has 0 radical (unpaired) electrons. The number of thiazole rings is 1. The van der Waals surface area contributed by atoms with Crippen LogP contribution in [0.15, 0.2) is 30.5 Å². The predicted molar refractivity (Wildman–Crippen MR) is 78.1 cm³/mol. The van der Waals surface area contributed by atoms with E-state index in [1.165, 1.54) is 17.0 Å². The van der Waals surface area contributed by atoms with Gasteiger partial charge in [0.05, 0.1) is 0 Å². The maximum Gasteiger partial charge on any atom is 0.185 e. The van der Waals surface area contributed by atoms with Gasteiger partial charge in [0.2, 0.25) is 0 Å².